The van der Waals surface area contributed by atoms with Gasteiger partial charge in [-0.2, -0.15) is 0 Å². The van der Waals surface area contributed by atoms with Gasteiger partial charge in [0.05, 0.1) is 12.4 Å². The van der Waals surface area contributed by atoms with Crippen LogP contribution in [-0.4, -0.2) is 44.4 Å². The Morgan fingerprint density at radius 3 is 2.63 bits per heavy atom. The SMILES string of the molecule is CC(C)N(CCCC(=O)O)C(=O)c1cncc(Cl)n1. The normalized spacial score (nSPS) is 10.5. The van der Waals surface area contributed by atoms with Crippen molar-refractivity contribution in [2.45, 2.75) is 32.7 Å². The van der Waals surface area contributed by atoms with Crippen LogP contribution < -0.4 is 0 Å². The number of hydrogen-bond donors (Lipinski definition) is 1. The van der Waals surface area contributed by atoms with Crippen LogP contribution in [0.2, 0.25) is 5.15 Å². The third kappa shape index (κ3) is 4.82. The Bertz CT molecular complexity index is 465. The smallest absolute Gasteiger partial charge is 0.303 e. The van der Waals surface area contributed by atoms with Gasteiger partial charge in [0.25, 0.3) is 5.91 Å². The van der Waals surface area contributed by atoms with Crippen LogP contribution in [0.15, 0.2) is 12.4 Å². The molecule has 0 saturated carbocycles. The number of rotatable bonds is 6. The van der Waals surface area contributed by atoms with Gasteiger partial charge in [0.1, 0.15) is 10.8 Å². The lowest BCUT2D eigenvalue weighted by Crippen LogP contribution is -2.38. The fourth-order valence-electron chi connectivity index (χ4n) is 1.59. The van der Waals surface area contributed by atoms with Gasteiger partial charge < -0.3 is 10.0 Å². The summed E-state index contributed by atoms with van der Waals surface area (Å²) in [6.45, 7) is 4.07. The van der Waals surface area contributed by atoms with Crippen molar-refractivity contribution in [2.75, 3.05) is 6.54 Å². The van der Waals surface area contributed by atoms with Crippen molar-refractivity contribution in [3.05, 3.63) is 23.2 Å². The second-order valence-electron chi connectivity index (χ2n) is 4.32. The minimum absolute atomic E-state index is 0.0255. The maximum Gasteiger partial charge on any atom is 0.303 e. The zero-order valence-electron chi connectivity index (χ0n) is 10.8. The molecule has 0 bridgehead atoms. The van der Waals surface area contributed by atoms with Crippen LogP contribution in [0, 0.1) is 0 Å². The average Bonchev–Trinajstić information content (AvgIpc) is 2.33. The fourth-order valence-corrected chi connectivity index (χ4v) is 1.73. The van der Waals surface area contributed by atoms with E-state index in [0.29, 0.717) is 13.0 Å². The first-order valence-electron chi connectivity index (χ1n) is 5.92. The number of carbonyl (C=O) groups is 2. The first kappa shape index (κ1) is 15.4. The summed E-state index contributed by atoms with van der Waals surface area (Å²) in [6, 6.07) is -0.0536. The van der Waals surface area contributed by atoms with Gasteiger partial charge in [-0.05, 0) is 20.3 Å². The Labute approximate surface area is 116 Å². The van der Waals surface area contributed by atoms with Crippen molar-refractivity contribution < 1.29 is 14.7 Å². The van der Waals surface area contributed by atoms with Crippen molar-refractivity contribution >= 4 is 23.5 Å². The number of carboxylic acid groups (broad SMARTS) is 1. The van der Waals surface area contributed by atoms with E-state index in [1.807, 2.05) is 13.8 Å². The maximum atomic E-state index is 12.2. The molecule has 1 aromatic heterocycles. The highest BCUT2D eigenvalue weighted by molar-refractivity contribution is 6.29. The van der Waals surface area contributed by atoms with Gasteiger partial charge in [0.2, 0.25) is 0 Å². The summed E-state index contributed by atoms with van der Waals surface area (Å²) in [5.41, 5.74) is 0.163. The zero-order chi connectivity index (χ0) is 14.4. The Kier molecular flexibility index (Phi) is 5.69. The second kappa shape index (κ2) is 7.04. The van der Waals surface area contributed by atoms with Crippen molar-refractivity contribution in [1.82, 2.24) is 14.9 Å². The molecule has 0 fully saturated rings. The van der Waals surface area contributed by atoms with Crippen LogP contribution in [-0.2, 0) is 4.79 Å². The highest BCUT2D eigenvalue weighted by atomic mass is 35.5. The summed E-state index contributed by atoms with van der Waals surface area (Å²) in [5, 5.41) is 8.77. The van der Waals surface area contributed by atoms with Crippen LogP contribution in [0.5, 0.6) is 0 Å². The summed E-state index contributed by atoms with van der Waals surface area (Å²) >= 11 is 5.70. The Balaban J connectivity index is 2.75. The number of aromatic nitrogens is 2. The van der Waals surface area contributed by atoms with Gasteiger partial charge in [0.15, 0.2) is 0 Å². The number of carbonyl (C=O) groups excluding carboxylic acids is 1. The van der Waals surface area contributed by atoms with Gasteiger partial charge in [0, 0.05) is 19.0 Å². The zero-order valence-corrected chi connectivity index (χ0v) is 11.6. The summed E-state index contributed by atoms with van der Waals surface area (Å²) in [6.07, 6.45) is 3.12. The predicted molar refractivity (Wildman–Crippen MR) is 70.1 cm³/mol. The Hall–Kier alpha value is -1.69. The molecule has 1 N–H and O–H groups in total. The molecular weight excluding hydrogens is 270 g/mol. The molecular formula is C12H16ClN3O3. The molecule has 0 aromatic carbocycles. The summed E-state index contributed by atoms with van der Waals surface area (Å²) < 4.78 is 0. The summed E-state index contributed by atoms with van der Waals surface area (Å²) in [5.74, 6) is -1.17. The first-order valence-corrected chi connectivity index (χ1v) is 6.30. The van der Waals surface area contributed by atoms with Gasteiger partial charge in [-0.25, -0.2) is 4.98 Å². The lowest BCUT2D eigenvalue weighted by molar-refractivity contribution is -0.137. The molecule has 19 heavy (non-hydrogen) atoms. The molecule has 0 spiro atoms. The third-order valence-electron chi connectivity index (χ3n) is 2.50. The molecule has 0 saturated heterocycles. The maximum absolute atomic E-state index is 12.2. The van der Waals surface area contributed by atoms with E-state index in [0.717, 1.165) is 0 Å². The third-order valence-corrected chi connectivity index (χ3v) is 2.68. The number of hydrogen-bond acceptors (Lipinski definition) is 4. The van der Waals surface area contributed by atoms with Crippen molar-refractivity contribution in [3.63, 3.8) is 0 Å². The van der Waals surface area contributed by atoms with E-state index in [1.54, 1.807) is 4.90 Å². The molecule has 0 radical (unpaired) electrons. The average molecular weight is 286 g/mol. The van der Waals surface area contributed by atoms with Crippen LogP contribution >= 0.6 is 11.6 Å². The molecule has 6 nitrogen and oxygen atoms in total. The van der Waals surface area contributed by atoms with Gasteiger partial charge >= 0.3 is 5.97 Å². The fraction of sp³-hybridized carbons (Fsp3) is 0.500. The number of nitrogens with zero attached hydrogens (tertiary/aromatic N) is 3. The molecule has 1 heterocycles. The topological polar surface area (TPSA) is 83.4 Å². The van der Waals surface area contributed by atoms with E-state index in [-0.39, 0.29) is 29.2 Å². The molecule has 0 atom stereocenters. The van der Waals surface area contributed by atoms with Crippen molar-refractivity contribution in [1.29, 1.82) is 0 Å². The Morgan fingerprint density at radius 2 is 2.11 bits per heavy atom. The summed E-state index contributed by atoms with van der Waals surface area (Å²) in [4.78, 5) is 32.0. The minimum atomic E-state index is -0.876. The van der Waals surface area contributed by atoms with E-state index >= 15 is 0 Å². The lowest BCUT2D eigenvalue weighted by Gasteiger charge is -2.26. The van der Waals surface area contributed by atoms with E-state index in [1.165, 1.54) is 12.4 Å². The lowest BCUT2D eigenvalue weighted by atomic mass is 10.2. The van der Waals surface area contributed by atoms with Crippen molar-refractivity contribution in [2.24, 2.45) is 0 Å². The first-order chi connectivity index (χ1) is 8.91. The Morgan fingerprint density at radius 1 is 1.42 bits per heavy atom. The van der Waals surface area contributed by atoms with E-state index in [4.69, 9.17) is 16.7 Å². The summed E-state index contributed by atoms with van der Waals surface area (Å²) in [7, 11) is 0. The predicted octanol–water partition coefficient (Wildman–Crippen LogP) is 1.85. The largest absolute Gasteiger partial charge is 0.481 e. The number of carboxylic acids is 1. The molecule has 1 amide bonds. The van der Waals surface area contributed by atoms with Gasteiger partial charge in [-0.15, -0.1) is 0 Å². The molecule has 0 aliphatic rings. The molecule has 0 unspecified atom stereocenters. The molecule has 104 valence electrons. The molecule has 7 heteroatoms. The molecule has 0 aliphatic heterocycles. The standard InChI is InChI=1S/C12H16ClN3O3/c1-8(2)16(5-3-4-11(17)18)12(19)9-6-14-7-10(13)15-9/h6-8H,3-5H2,1-2H3,(H,17,18). The molecule has 1 aromatic rings. The monoisotopic (exact) mass is 285 g/mol. The molecule has 0 aliphatic carbocycles. The number of aliphatic carboxylic acids is 1. The van der Waals surface area contributed by atoms with Gasteiger partial charge in [-0.1, -0.05) is 11.6 Å². The minimum Gasteiger partial charge on any atom is -0.481 e. The highest BCUT2D eigenvalue weighted by Crippen LogP contribution is 2.10. The number of halogens is 1. The second-order valence-corrected chi connectivity index (χ2v) is 4.70. The van der Waals surface area contributed by atoms with Gasteiger partial charge in [-0.3, -0.25) is 14.6 Å². The van der Waals surface area contributed by atoms with Crippen LogP contribution in [0.4, 0.5) is 0 Å². The van der Waals surface area contributed by atoms with E-state index in [9.17, 15) is 9.59 Å². The quantitative estimate of drug-likeness (QED) is 0.862. The van der Waals surface area contributed by atoms with Crippen molar-refractivity contribution in [3.8, 4) is 0 Å². The van der Waals surface area contributed by atoms with Crippen LogP contribution in [0.1, 0.15) is 37.2 Å². The van der Waals surface area contributed by atoms with E-state index < -0.39 is 5.97 Å². The van der Waals surface area contributed by atoms with Crippen LogP contribution in [0.25, 0.3) is 0 Å². The van der Waals surface area contributed by atoms with Crippen LogP contribution in [0.3, 0.4) is 0 Å². The van der Waals surface area contributed by atoms with E-state index in [2.05, 4.69) is 9.97 Å². The highest BCUT2D eigenvalue weighted by Gasteiger charge is 2.20. The number of amides is 1. The molecule has 1 rings (SSSR count).